The Bertz CT molecular complexity index is 435. The van der Waals surface area contributed by atoms with Gasteiger partial charge in [-0.25, -0.2) is 0 Å². The van der Waals surface area contributed by atoms with Crippen LogP contribution in [0, 0.1) is 11.3 Å². The van der Waals surface area contributed by atoms with Gasteiger partial charge in [-0.3, -0.25) is 0 Å². The van der Waals surface area contributed by atoms with Crippen LogP contribution in [0.5, 0.6) is 0 Å². The molecule has 2 fully saturated rings. The molecular formula is C17H27NSi. The molecular weight excluding hydrogens is 246 g/mol. The normalized spacial score (nSPS) is 21.4. The molecule has 0 bridgehead atoms. The minimum absolute atomic E-state index is 0.720. The first-order valence-electron chi connectivity index (χ1n) is 7.80. The standard InChI is InChI=1S/C17H27NSi/c1-19(2,3)16-8-4-14(5-9-16)12-18-13-17(10-11-17)15-6-7-15/h4-5,8-9,15,18H,6-7,10-13H2,1-3H3. The topological polar surface area (TPSA) is 12.0 Å². The van der Waals surface area contributed by atoms with Gasteiger partial charge in [-0.1, -0.05) is 49.1 Å². The third-order valence-corrected chi connectivity index (χ3v) is 7.03. The largest absolute Gasteiger partial charge is 0.312 e. The van der Waals surface area contributed by atoms with Crippen molar-refractivity contribution in [2.45, 2.75) is 51.9 Å². The van der Waals surface area contributed by atoms with E-state index in [9.17, 15) is 0 Å². The van der Waals surface area contributed by atoms with Crippen molar-refractivity contribution in [3.05, 3.63) is 29.8 Å². The molecule has 0 heterocycles. The monoisotopic (exact) mass is 273 g/mol. The lowest BCUT2D eigenvalue weighted by Crippen LogP contribution is -2.37. The van der Waals surface area contributed by atoms with Crippen LogP contribution in [-0.4, -0.2) is 14.6 Å². The van der Waals surface area contributed by atoms with Gasteiger partial charge in [0, 0.05) is 13.1 Å². The Morgan fingerprint density at radius 3 is 2.21 bits per heavy atom. The van der Waals surface area contributed by atoms with Crippen LogP contribution in [0.15, 0.2) is 24.3 Å². The van der Waals surface area contributed by atoms with E-state index in [1.807, 2.05) is 0 Å². The summed E-state index contributed by atoms with van der Waals surface area (Å²) in [5, 5.41) is 5.26. The van der Waals surface area contributed by atoms with Gasteiger partial charge in [0.25, 0.3) is 0 Å². The van der Waals surface area contributed by atoms with Crippen LogP contribution in [0.25, 0.3) is 0 Å². The Hall–Kier alpha value is -0.603. The van der Waals surface area contributed by atoms with Gasteiger partial charge < -0.3 is 5.32 Å². The second-order valence-electron chi connectivity index (χ2n) is 7.69. The van der Waals surface area contributed by atoms with Crippen LogP contribution in [0.1, 0.15) is 31.2 Å². The average Bonchev–Trinajstić information content (AvgIpc) is 3.22. The molecule has 2 aliphatic carbocycles. The maximum absolute atomic E-state index is 3.70. The number of nitrogens with one attached hydrogen (secondary N) is 1. The van der Waals surface area contributed by atoms with Crippen LogP contribution in [-0.2, 0) is 6.54 Å². The van der Waals surface area contributed by atoms with Crippen LogP contribution < -0.4 is 10.5 Å². The van der Waals surface area contributed by atoms with Crippen molar-refractivity contribution < 1.29 is 0 Å². The van der Waals surface area contributed by atoms with Crippen molar-refractivity contribution in [3.8, 4) is 0 Å². The summed E-state index contributed by atoms with van der Waals surface area (Å²) in [7, 11) is -1.13. The fourth-order valence-electron chi connectivity index (χ4n) is 3.16. The number of benzene rings is 1. The van der Waals surface area contributed by atoms with Crippen LogP contribution in [0.4, 0.5) is 0 Å². The average molecular weight is 273 g/mol. The highest BCUT2D eigenvalue weighted by atomic mass is 28.3. The molecule has 0 amide bonds. The zero-order valence-electron chi connectivity index (χ0n) is 12.6. The molecule has 1 aromatic carbocycles. The summed E-state index contributed by atoms with van der Waals surface area (Å²) < 4.78 is 0. The Kier molecular flexibility index (Phi) is 3.34. The number of rotatable bonds is 6. The minimum atomic E-state index is -1.13. The molecule has 1 aromatic rings. The van der Waals surface area contributed by atoms with Crippen LogP contribution in [0.2, 0.25) is 19.6 Å². The van der Waals surface area contributed by atoms with Gasteiger partial charge in [-0.15, -0.1) is 0 Å². The van der Waals surface area contributed by atoms with Gasteiger partial charge in [0.2, 0.25) is 0 Å². The van der Waals surface area contributed by atoms with E-state index in [1.54, 1.807) is 5.19 Å². The second kappa shape index (κ2) is 4.74. The third-order valence-electron chi connectivity index (χ3n) is 4.96. The molecule has 2 aliphatic rings. The van der Waals surface area contributed by atoms with Gasteiger partial charge >= 0.3 is 0 Å². The zero-order chi connectivity index (χ0) is 13.5. The lowest BCUT2D eigenvalue weighted by Gasteiger charge is -2.18. The highest BCUT2D eigenvalue weighted by Gasteiger charge is 2.53. The Labute approximate surface area is 118 Å². The zero-order valence-corrected chi connectivity index (χ0v) is 13.6. The first kappa shape index (κ1) is 13.4. The smallest absolute Gasteiger partial charge is 0.0775 e. The third kappa shape index (κ3) is 3.11. The molecule has 0 radical (unpaired) electrons. The van der Waals surface area contributed by atoms with Gasteiger partial charge in [-0.05, 0) is 42.6 Å². The Balaban J connectivity index is 1.50. The van der Waals surface area contributed by atoms with Crippen LogP contribution in [0.3, 0.4) is 0 Å². The fraction of sp³-hybridized carbons (Fsp3) is 0.647. The molecule has 1 nitrogen and oxygen atoms in total. The summed E-state index contributed by atoms with van der Waals surface area (Å²) >= 11 is 0. The summed E-state index contributed by atoms with van der Waals surface area (Å²) in [4.78, 5) is 0. The highest BCUT2D eigenvalue weighted by molar-refractivity contribution is 6.88. The van der Waals surface area contributed by atoms with Crippen molar-refractivity contribution in [3.63, 3.8) is 0 Å². The first-order valence-corrected chi connectivity index (χ1v) is 11.3. The molecule has 2 heteroatoms. The Morgan fingerprint density at radius 2 is 1.74 bits per heavy atom. The van der Waals surface area contributed by atoms with Gasteiger partial charge in [0.05, 0.1) is 8.07 Å². The van der Waals surface area contributed by atoms with Crippen molar-refractivity contribution in [1.29, 1.82) is 0 Å². The quantitative estimate of drug-likeness (QED) is 0.782. The summed E-state index contributed by atoms with van der Waals surface area (Å²) in [5.41, 5.74) is 2.16. The molecule has 104 valence electrons. The number of hydrogen-bond acceptors (Lipinski definition) is 1. The van der Waals surface area contributed by atoms with Crippen molar-refractivity contribution in [1.82, 2.24) is 5.32 Å². The van der Waals surface area contributed by atoms with Crippen molar-refractivity contribution in [2.24, 2.45) is 11.3 Å². The molecule has 0 atom stereocenters. The van der Waals surface area contributed by atoms with E-state index in [4.69, 9.17) is 0 Å². The van der Waals surface area contributed by atoms with Gasteiger partial charge in [-0.2, -0.15) is 0 Å². The van der Waals surface area contributed by atoms with E-state index < -0.39 is 8.07 Å². The summed E-state index contributed by atoms with van der Waals surface area (Å²) in [6, 6.07) is 9.32. The number of hydrogen-bond donors (Lipinski definition) is 1. The lowest BCUT2D eigenvalue weighted by atomic mass is 10.0. The van der Waals surface area contributed by atoms with E-state index >= 15 is 0 Å². The van der Waals surface area contributed by atoms with E-state index in [0.29, 0.717) is 0 Å². The molecule has 0 spiro atoms. The van der Waals surface area contributed by atoms with E-state index in [-0.39, 0.29) is 0 Å². The minimum Gasteiger partial charge on any atom is -0.312 e. The van der Waals surface area contributed by atoms with Crippen LogP contribution >= 0.6 is 0 Å². The maximum atomic E-state index is 3.70. The fourth-order valence-corrected chi connectivity index (χ4v) is 4.33. The maximum Gasteiger partial charge on any atom is 0.0775 e. The van der Waals surface area contributed by atoms with Gasteiger partial charge in [0.15, 0.2) is 0 Å². The summed E-state index contributed by atoms with van der Waals surface area (Å²) in [5.74, 6) is 1.06. The summed E-state index contributed by atoms with van der Waals surface area (Å²) in [6.07, 6.45) is 5.93. The SMILES string of the molecule is C[Si](C)(C)c1ccc(CNCC2(C3CC3)CC2)cc1. The summed E-state index contributed by atoms with van der Waals surface area (Å²) in [6.45, 7) is 9.51. The van der Waals surface area contributed by atoms with Crippen molar-refractivity contribution >= 4 is 13.3 Å². The van der Waals surface area contributed by atoms with E-state index in [1.165, 1.54) is 37.8 Å². The molecule has 0 aromatic heterocycles. The lowest BCUT2D eigenvalue weighted by molar-refractivity contribution is 0.403. The van der Waals surface area contributed by atoms with Gasteiger partial charge in [0.1, 0.15) is 0 Å². The van der Waals surface area contributed by atoms with E-state index in [0.717, 1.165) is 17.9 Å². The predicted octanol–water partition coefficient (Wildman–Crippen LogP) is 3.51. The first-order chi connectivity index (χ1) is 9.00. The van der Waals surface area contributed by atoms with Crippen molar-refractivity contribution in [2.75, 3.05) is 6.54 Å². The predicted molar refractivity (Wildman–Crippen MR) is 85.5 cm³/mol. The Morgan fingerprint density at radius 1 is 1.11 bits per heavy atom. The molecule has 19 heavy (non-hydrogen) atoms. The molecule has 3 rings (SSSR count). The molecule has 2 saturated carbocycles. The van der Waals surface area contributed by atoms with E-state index in [2.05, 4.69) is 49.2 Å². The highest BCUT2D eigenvalue weighted by Crippen LogP contribution is 2.60. The molecule has 1 N–H and O–H groups in total. The molecule has 0 aliphatic heterocycles. The molecule has 0 unspecified atom stereocenters. The second-order valence-corrected chi connectivity index (χ2v) is 12.8. The molecule has 0 saturated heterocycles.